The third-order valence-corrected chi connectivity index (χ3v) is 4.83. The van der Waals surface area contributed by atoms with Crippen molar-refractivity contribution in [2.75, 3.05) is 5.32 Å². The van der Waals surface area contributed by atoms with Crippen molar-refractivity contribution < 1.29 is 17.9 Å². The van der Waals surface area contributed by atoms with Gasteiger partial charge < -0.3 is 10.1 Å². The number of hydrogen-bond acceptors (Lipinski definition) is 4. The predicted molar refractivity (Wildman–Crippen MR) is 96.6 cm³/mol. The zero-order chi connectivity index (χ0) is 18.6. The predicted octanol–water partition coefficient (Wildman–Crippen LogP) is 2.49. The van der Waals surface area contributed by atoms with Crippen LogP contribution in [0.4, 0.5) is 5.69 Å². The lowest BCUT2D eigenvalue weighted by Gasteiger charge is -2.16. The summed E-state index contributed by atoms with van der Waals surface area (Å²) in [7, 11) is -3.85. The summed E-state index contributed by atoms with van der Waals surface area (Å²) in [6.45, 7) is 5.51. The van der Waals surface area contributed by atoms with E-state index in [4.69, 9.17) is 9.88 Å². The Morgan fingerprint density at radius 1 is 1.20 bits per heavy atom. The van der Waals surface area contributed by atoms with E-state index in [1.807, 2.05) is 30.3 Å². The second kappa shape index (κ2) is 7.77. The fraction of sp³-hybridized carbons (Fsp3) is 0.278. The van der Waals surface area contributed by atoms with E-state index < -0.39 is 16.1 Å². The smallest absolute Gasteiger partial charge is 0.253 e. The zero-order valence-electron chi connectivity index (χ0n) is 14.4. The van der Waals surface area contributed by atoms with Gasteiger partial charge in [-0.3, -0.25) is 4.79 Å². The number of aryl methyl sites for hydroxylation is 1. The molecule has 0 aromatic heterocycles. The van der Waals surface area contributed by atoms with Crippen molar-refractivity contribution in [1.29, 1.82) is 0 Å². The maximum Gasteiger partial charge on any atom is 0.253 e. The Balaban J connectivity index is 2.10. The van der Waals surface area contributed by atoms with Gasteiger partial charge in [0.05, 0.1) is 11.5 Å². The molecule has 0 spiro atoms. The summed E-state index contributed by atoms with van der Waals surface area (Å²) >= 11 is 0. The molecule has 0 saturated heterocycles. The van der Waals surface area contributed by atoms with Gasteiger partial charge in [-0.1, -0.05) is 30.3 Å². The van der Waals surface area contributed by atoms with Crippen LogP contribution in [0.3, 0.4) is 0 Å². The average Bonchev–Trinajstić information content (AvgIpc) is 2.56. The molecule has 2 aromatic rings. The highest BCUT2D eigenvalue weighted by Gasteiger charge is 2.18. The van der Waals surface area contributed by atoms with Crippen molar-refractivity contribution in [3.8, 4) is 0 Å². The fourth-order valence-corrected chi connectivity index (χ4v) is 2.85. The normalized spacial score (nSPS) is 12.6. The number of nitrogens with two attached hydrogens (primary N) is 1. The molecule has 0 aliphatic carbocycles. The number of carbonyl (C=O) groups is 1. The molecule has 0 fully saturated rings. The highest BCUT2D eigenvalue weighted by atomic mass is 32.2. The molecule has 134 valence electrons. The third-order valence-electron chi connectivity index (χ3n) is 3.94. The first kappa shape index (κ1) is 19.1. The Morgan fingerprint density at radius 3 is 2.44 bits per heavy atom. The molecule has 1 unspecified atom stereocenters. The van der Waals surface area contributed by atoms with E-state index in [1.165, 1.54) is 12.1 Å². The van der Waals surface area contributed by atoms with Gasteiger partial charge in [-0.2, -0.15) is 0 Å². The monoisotopic (exact) mass is 362 g/mol. The van der Waals surface area contributed by atoms with E-state index in [1.54, 1.807) is 20.8 Å². The van der Waals surface area contributed by atoms with Crippen LogP contribution in [0.1, 0.15) is 23.6 Å². The van der Waals surface area contributed by atoms with Crippen LogP contribution in [-0.4, -0.2) is 20.4 Å². The average molecular weight is 362 g/mol. The van der Waals surface area contributed by atoms with Crippen LogP contribution in [0.25, 0.3) is 0 Å². The molecule has 0 bridgehead atoms. The molecule has 25 heavy (non-hydrogen) atoms. The molecule has 6 nitrogen and oxygen atoms in total. The maximum absolute atomic E-state index is 12.3. The summed E-state index contributed by atoms with van der Waals surface area (Å²) in [6.07, 6.45) is -0.696. The Bertz CT molecular complexity index is 864. The van der Waals surface area contributed by atoms with Gasteiger partial charge in [-0.05, 0) is 49.6 Å². The molecule has 0 saturated carbocycles. The summed E-state index contributed by atoms with van der Waals surface area (Å²) in [4.78, 5) is 12.3. The van der Waals surface area contributed by atoms with Crippen LogP contribution >= 0.6 is 0 Å². The van der Waals surface area contributed by atoms with Crippen LogP contribution in [0, 0.1) is 13.8 Å². The maximum atomic E-state index is 12.3. The van der Waals surface area contributed by atoms with E-state index in [2.05, 4.69) is 5.32 Å². The molecule has 1 atom stereocenters. The first-order chi connectivity index (χ1) is 11.7. The van der Waals surface area contributed by atoms with E-state index in [-0.39, 0.29) is 10.8 Å². The van der Waals surface area contributed by atoms with Crippen molar-refractivity contribution in [2.45, 2.75) is 38.4 Å². The number of carbonyl (C=O) groups excluding carboxylic acids is 1. The second-order valence-corrected chi connectivity index (χ2v) is 7.45. The first-order valence-corrected chi connectivity index (χ1v) is 9.33. The van der Waals surface area contributed by atoms with Gasteiger partial charge in [0.25, 0.3) is 5.91 Å². The lowest BCUT2D eigenvalue weighted by Crippen LogP contribution is -2.28. The molecule has 0 aliphatic rings. The molecule has 1 amide bonds. The number of ether oxygens (including phenoxy) is 1. The largest absolute Gasteiger partial charge is 0.364 e. The highest BCUT2D eigenvalue weighted by Crippen LogP contribution is 2.24. The van der Waals surface area contributed by atoms with Crippen molar-refractivity contribution >= 4 is 21.6 Å². The minimum atomic E-state index is -3.85. The molecule has 7 heteroatoms. The lowest BCUT2D eigenvalue weighted by molar-refractivity contribution is -0.127. The summed E-state index contributed by atoms with van der Waals surface area (Å²) in [5.41, 5.74) is 2.87. The second-order valence-electron chi connectivity index (χ2n) is 5.89. The number of sulfonamides is 1. The molecule has 2 aromatic carbocycles. The molecule has 0 aliphatic heterocycles. The summed E-state index contributed by atoms with van der Waals surface area (Å²) in [5, 5.41) is 7.90. The Morgan fingerprint density at radius 2 is 1.84 bits per heavy atom. The van der Waals surface area contributed by atoms with Crippen LogP contribution in [0.15, 0.2) is 47.4 Å². The van der Waals surface area contributed by atoms with E-state index in [0.29, 0.717) is 12.3 Å². The molecular weight excluding hydrogens is 340 g/mol. The number of nitrogens with one attached hydrogen (secondary N) is 1. The molecule has 0 heterocycles. The van der Waals surface area contributed by atoms with Gasteiger partial charge in [0.15, 0.2) is 0 Å². The molecular formula is C18H22N2O4S. The fourth-order valence-electron chi connectivity index (χ4n) is 2.23. The van der Waals surface area contributed by atoms with Gasteiger partial charge >= 0.3 is 0 Å². The Kier molecular flexibility index (Phi) is 5.94. The van der Waals surface area contributed by atoms with Crippen molar-refractivity contribution in [2.24, 2.45) is 5.14 Å². The molecule has 2 rings (SSSR count). The zero-order valence-corrected chi connectivity index (χ0v) is 15.3. The van der Waals surface area contributed by atoms with E-state index in [9.17, 15) is 13.2 Å². The summed E-state index contributed by atoms with van der Waals surface area (Å²) in [5.74, 6) is -0.356. The van der Waals surface area contributed by atoms with Gasteiger partial charge in [0.2, 0.25) is 10.0 Å². The van der Waals surface area contributed by atoms with E-state index in [0.717, 1.165) is 16.7 Å². The summed E-state index contributed by atoms with van der Waals surface area (Å²) < 4.78 is 28.7. The van der Waals surface area contributed by atoms with Crippen LogP contribution in [0.5, 0.6) is 0 Å². The van der Waals surface area contributed by atoms with Crippen LogP contribution in [0.2, 0.25) is 0 Å². The quantitative estimate of drug-likeness (QED) is 0.825. The van der Waals surface area contributed by atoms with Crippen LogP contribution < -0.4 is 10.5 Å². The minimum Gasteiger partial charge on any atom is -0.364 e. The van der Waals surface area contributed by atoms with Gasteiger partial charge in [-0.25, -0.2) is 13.6 Å². The number of amides is 1. The first-order valence-electron chi connectivity index (χ1n) is 7.79. The minimum absolute atomic E-state index is 0.0382. The van der Waals surface area contributed by atoms with Crippen molar-refractivity contribution in [1.82, 2.24) is 0 Å². The van der Waals surface area contributed by atoms with Crippen molar-refractivity contribution in [3.63, 3.8) is 0 Å². The highest BCUT2D eigenvalue weighted by molar-refractivity contribution is 7.89. The standard InChI is InChI=1S/C18H22N2O4S/c1-12-9-16(25(19,22)23)10-17(13(12)2)20-18(21)14(3)24-11-15-7-5-4-6-8-15/h4-10,14H,11H2,1-3H3,(H,20,21)(H2,19,22,23). The third kappa shape index (κ3) is 5.12. The Labute approximate surface area is 148 Å². The number of anilines is 1. The Hall–Kier alpha value is -2.22. The van der Waals surface area contributed by atoms with Gasteiger partial charge in [0, 0.05) is 5.69 Å². The molecule has 0 radical (unpaired) electrons. The van der Waals surface area contributed by atoms with Crippen molar-refractivity contribution in [3.05, 3.63) is 59.2 Å². The topological polar surface area (TPSA) is 98.5 Å². The van der Waals surface area contributed by atoms with E-state index >= 15 is 0 Å². The lowest BCUT2D eigenvalue weighted by atomic mass is 10.1. The number of hydrogen-bond donors (Lipinski definition) is 2. The summed E-state index contributed by atoms with van der Waals surface area (Å²) in [6, 6.07) is 12.4. The van der Waals surface area contributed by atoms with Gasteiger partial charge in [0.1, 0.15) is 6.10 Å². The SMILES string of the molecule is Cc1cc(S(N)(=O)=O)cc(NC(=O)C(C)OCc2ccccc2)c1C. The van der Waals surface area contributed by atoms with Gasteiger partial charge in [-0.15, -0.1) is 0 Å². The number of primary sulfonamides is 1. The number of benzene rings is 2. The van der Waals surface area contributed by atoms with Crippen LogP contribution in [-0.2, 0) is 26.2 Å². The molecule has 3 N–H and O–H groups in total. The number of rotatable bonds is 6.